The molecule has 3 aromatic heterocycles. The summed E-state index contributed by atoms with van der Waals surface area (Å²) in [7, 11) is 0. The molecule has 10 aromatic rings. The molecule has 0 saturated heterocycles. The molecule has 0 fully saturated rings. The van der Waals surface area contributed by atoms with Gasteiger partial charge in [-0.05, 0) is 70.8 Å². The van der Waals surface area contributed by atoms with Crippen LogP contribution in [0.4, 0.5) is 0 Å². The van der Waals surface area contributed by atoms with Gasteiger partial charge in [-0.1, -0.05) is 123 Å². The van der Waals surface area contributed by atoms with E-state index in [0.29, 0.717) is 5.82 Å². The van der Waals surface area contributed by atoms with Crippen molar-refractivity contribution in [3.05, 3.63) is 169 Å². The number of para-hydroxylation sites is 3. The summed E-state index contributed by atoms with van der Waals surface area (Å²) in [6.45, 7) is 4.71. The largest absolute Gasteiger partial charge is 0.309 e. The molecule has 1 aliphatic carbocycles. The maximum Gasteiger partial charge on any atom is 0.162 e. The smallest absolute Gasteiger partial charge is 0.162 e. The van der Waals surface area contributed by atoms with Gasteiger partial charge >= 0.3 is 0 Å². The van der Waals surface area contributed by atoms with E-state index in [1.165, 1.54) is 54.8 Å². The van der Waals surface area contributed by atoms with Crippen molar-refractivity contribution in [2.75, 3.05) is 0 Å². The van der Waals surface area contributed by atoms with Crippen LogP contribution in [0.5, 0.6) is 0 Å². The summed E-state index contributed by atoms with van der Waals surface area (Å²) in [5.74, 6) is 1.59. The average Bonchev–Trinajstić information content (AvgIpc) is 3.76. The predicted octanol–water partition coefficient (Wildman–Crippen LogP) is 11.8. The Morgan fingerprint density at radius 2 is 1.06 bits per heavy atom. The zero-order valence-corrected chi connectivity index (χ0v) is 28.3. The van der Waals surface area contributed by atoms with Crippen LogP contribution in [0.1, 0.15) is 25.0 Å². The Morgan fingerprint density at radius 1 is 0.431 bits per heavy atom. The van der Waals surface area contributed by atoms with Crippen molar-refractivity contribution in [3.63, 3.8) is 0 Å². The summed E-state index contributed by atoms with van der Waals surface area (Å²) in [4.78, 5) is 10.5. The maximum absolute atomic E-state index is 5.42. The molecule has 7 aromatic carbocycles. The van der Waals surface area contributed by atoms with Gasteiger partial charge in [0.15, 0.2) is 5.82 Å². The number of rotatable bonds is 3. The summed E-state index contributed by atoms with van der Waals surface area (Å²) >= 11 is 0. The molecule has 0 aliphatic heterocycles. The first kappa shape index (κ1) is 28.3. The highest BCUT2D eigenvalue weighted by molar-refractivity contribution is 6.14. The Labute approximate surface area is 294 Å². The van der Waals surface area contributed by atoms with E-state index in [2.05, 4.69) is 175 Å². The van der Waals surface area contributed by atoms with E-state index < -0.39 is 0 Å². The van der Waals surface area contributed by atoms with Gasteiger partial charge < -0.3 is 4.57 Å². The number of nitrogens with zero attached hydrogens (tertiary/aromatic N) is 4. The quantitative estimate of drug-likeness (QED) is 0.190. The fourth-order valence-corrected chi connectivity index (χ4v) is 8.71. The van der Waals surface area contributed by atoms with Crippen molar-refractivity contribution in [1.29, 1.82) is 0 Å². The number of hydrogen-bond acceptors (Lipinski definition) is 2. The normalized spacial score (nSPS) is 13.5. The van der Waals surface area contributed by atoms with Gasteiger partial charge in [-0.3, -0.25) is 4.57 Å². The van der Waals surface area contributed by atoms with Gasteiger partial charge in [0.25, 0.3) is 0 Å². The molecule has 4 nitrogen and oxygen atoms in total. The first-order chi connectivity index (χ1) is 25.1. The lowest BCUT2D eigenvalue weighted by Gasteiger charge is -2.21. The van der Waals surface area contributed by atoms with Crippen molar-refractivity contribution in [2.45, 2.75) is 19.3 Å². The standard InChI is InChI=1S/C47H32N4/c1-47(2)38-20-10-6-16-31(38)36-28-44-37(27-39(36)47)34-25-24-30(50-41-22-12-8-17-32(41)33-18-9-13-23-42(33)50)26-43(34)51(44)46-35-19-7-11-21-40(35)48-45(49-46)29-14-4-3-5-15-29/h3-28H,1-2H3. The average molecular weight is 653 g/mol. The number of benzene rings is 7. The van der Waals surface area contributed by atoms with Crippen LogP contribution in [0.2, 0.25) is 0 Å². The molecular formula is C47H32N4. The van der Waals surface area contributed by atoms with E-state index in [1.54, 1.807) is 0 Å². The van der Waals surface area contributed by atoms with Crippen LogP contribution in [0, 0.1) is 0 Å². The molecule has 0 spiro atoms. The number of fused-ring (bicyclic) bond motifs is 10. The zero-order valence-electron chi connectivity index (χ0n) is 28.3. The molecule has 0 radical (unpaired) electrons. The predicted molar refractivity (Wildman–Crippen MR) is 211 cm³/mol. The molecule has 0 atom stereocenters. The highest BCUT2D eigenvalue weighted by Crippen LogP contribution is 2.51. The summed E-state index contributed by atoms with van der Waals surface area (Å²) in [5, 5.41) is 5.94. The van der Waals surface area contributed by atoms with Gasteiger partial charge in [0.05, 0.1) is 27.6 Å². The van der Waals surface area contributed by atoms with Crippen LogP contribution in [0.25, 0.3) is 88.5 Å². The van der Waals surface area contributed by atoms with Gasteiger partial charge in [0, 0.05) is 43.6 Å². The van der Waals surface area contributed by atoms with Gasteiger partial charge in [-0.15, -0.1) is 0 Å². The molecule has 1 aliphatic rings. The minimum atomic E-state index is -0.112. The van der Waals surface area contributed by atoms with Crippen LogP contribution in [0.3, 0.4) is 0 Å². The maximum atomic E-state index is 5.42. The molecule has 0 N–H and O–H groups in total. The van der Waals surface area contributed by atoms with E-state index in [9.17, 15) is 0 Å². The van der Waals surface area contributed by atoms with Crippen LogP contribution in [0.15, 0.2) is 158 Å². The second kappa shape index (κ2) is 10.3. The second-order valence-electron chi connectivity index (χ2n) is 14.2. The van der Waals surface area contributed by atoms with Crippen molar-refractivity contribution in [1.82, 2.24) is 19.1 Å². The SMILES string of the molecule is CC1(C)c2ccccc2-c2cc3c(cc21)c1ccc(-n2c4ccccc4c4ccccc42)cc1n3-c1nc(-c2ccccc2)nc2ccccc12. The van der Waals surface area contributed by atoms with Crippen LogP contribution >= 0.6 is 0 Å². The topological polar surface area (TPSA) is 35.6 Å². The Morgan fingerprint density at radius 3 is 1.84 bits per heavy atom. The molecule has 0 saturated carbocycles. The van der Waals surface area contributed by atoms with E-state index in [0.717, 1.165) is 39.0 Å². The lowest BCUT2D eigenvalue weighted by molar-refractivity contribution is 0.661. The Bertz CT molecular complexity index is 3000. The lowest BCUT2D eigenvalue weighted by Crippen LogP contribution is -2.14. The Hall–Kier alpha value is -6.52. The third-order valence-corrected chi connectivity index (χ3v) is 11.1. The highest BCUT2D eigenvalue weighted by atomic mass is 15.1. The molecule has 51 heavy (non-hydrogen) atoms. The third kappa shape index (κ3) is 3.90. The Balaban J connectivity index is 1.29. The summed E-state index contributed by atoms with van der Waals surface area (Å²) in [5.41, 5.74) is 12.9. The molecule has 3 heterocycles. The van der Waals surface area contributed by atoms with Gasteiger partial charge in [0.2, 0.25) is 0 Å². The third-order valence-electron chi connectivity index (χ3n) is 11.1. The van der Waals surface area contributed by atoms with Crippen LogP contribution in [-0.2, 0) is 5.41 Å². The number of hydrogen-bond donors (Lipinski definition) is 0. The van der Waals surface area contributed by atoms with E-state index in [-0.39, 0.29) is 5.41 Å². The van der Waals surface area contributed by atoms with Gasteiger partial charge in [-0.25, -0.2) is 9.97 Å². The van der Waals surface area contributed by atoms with Crippen molar-refractivity contribution >= 4 is 54.5 Å². The molecule has 240 valence electrons. The van der Waals surface area contributed by atoms with Gasteiger partial charge in [-0.2, -0.15) is 0 Å². The minimum absolute atomic E-state index is 0.112. The molecule has 4 heteroatoms. The molecule has 0 bridgehead atoms. The highest BCUT2D eigenvalue weighted by Gasteiger charge is 2.36. The molecular weight excluding hydrogens is 621 g/mol. The van der Waals surface area contributed by atoms with Crippen molar-refractivity contribution in [3.8, 4) is 34.0 Å². The van der Waals surface area contributed by atoms with E-state index >= 15 is 0 Å². The summed E-state index contributed by atoms with van der Waals surface area (Å²) in [6, 6.07) is 56.8. The monoisotopic (exact) mass is 652 g/mol. The first-order valence-electron chi connectivity index (χ1n) is 17.6. The zero-order chi connectivity index (χ0) is 33.8. The first-order valence-corrected chi connectivity index (χ1v) is 17.6. The van der Waals surface area contributed by atoms with Crippen molar-refractivity contribution < 1.29 is 0 Å². The molecule has 0 unspecified atom stereocenters. The summed E-state index contributed by atoms with van der Waals surface area (Å²) < 4.78 is 4.80. The van der Waals surface area contributed by atoms with Crippen LogP contribution < -0.4 is 0 Å². The van der Waals surface area contributed by atoms with E-state index in [1.807, 2.05) is 6.07 Å². The Kier molecular flexibility index (Phi) is 5.70. The minimum Gasteiger partial charge on any atom is -0.309 e. The number of aromatic nitrogens is 4. The molecule has 0 amide bonds. The van der Waals surface area contributed by atoms with Gasteiger partial charge in [0.1, 0.15) is 5.82 Å². The van der Waals surface area contributed by atoms with Crippen molar-refractivity contribution in [2.24, 2.45) is 0 Å². The summed E-state index contributed by atoms with van der Waals surface area (Å²) in [6.07, 6.45) is 0. The molecule has 11 rings (SSSR count). The second-order valence-corrected chi connectivity index (χ2v) is 14.2. The van der Waals surface area contributed by atoms with E-state index in [4.69, 9.17) is 9.97 Å². The lowest BCUT2D eigenvalue weighted by atomic mass is 9.82. The fourth-order valence-electron chi connectivity index (χ4n) is 8.71. The van der Waals surface area contributed by atoms with Crippen LogP contribution in [-0.4, -0.2) is 19.1 Å². The fraction of sp³-hybridized carbons (Fsp3) is 0.0638.